The van der Waals surface area contributed by atoms with Crippen molar-refractivity contribution in [1.82, 2.24) is 14.5 Å². The van der Waals surface area contributed by atoms with E-state index in [2.05, 4.69) is 5.32 Å². The lowest BCUT2D eigenvalue weighted by Crippen LogP contribution is -2.56. The Labute approximate surface area is 178 Å². The molecule has 2 aliphatic carbocycles. The van der Waals surface area contributed by atoms with Crippen molar-refractivity contribution >= 4 is 21.8 Å². The molecule has 3 fully saturated rings. The highest BCUT2D eigenvalue weighted by Crippen LogP contribution is 2.49. The van der Waals surface area contributed by atoms with Crippen LogP contribution in [-0.4, -0.2) is 67.9 Å². The van der Waals surface area contributed by atoms with E-state index in [0.29, 0.717) is 32.5 Å². The zero-order valence-electron chi connectivity index (χ0n) is 17.5. The Kier molecular flexibility index (Phi) is 5.90. The van der Waals surface area contributed by atoms with E-state index in [9.17, 15) is 18.0 Å². The lowest BCUT2D eigenvalue weighted by atomic mass is 9.83. The second kappa shape index (κ2) is 8.30. The van der Waals surface area contributed by atoms with Crippen LogP contribution in [0.25, 0.3) is 0 Å². The molecule has 1 aromatic carbocycles. The number of nitrogens with zero attached hydrogens (tertiary/aromatic N) is 2. The fraction of sp³-hybridized carbons (Fsp3) is 0.636. The molecule has 2 saturated carbocycles. The largest absolute Gasteiger partial charge is 0.354 e. The third kappa shape index (κ3) is 4.12. The van der Waals surface area contributed by atoms with Crippen molar-refractivity contribution < 1.29 is 18.0 Å². The average Bonchev–Trinajstić information content (AvgIpc) is 3.54. The number of nitrogens with one attached hydrogen (secondary N) is 1. The Morgan fingerprint density at radius 1 is 1.07 bits per heavy atom. The van der Waals surface area contributed by atoms with Gasteiger partial charge in [-0.1, -0.05) is 43.2 Å². The van der Waals surface area contributed by atoms with Gasteiger partial charge in [-0.2, -0.15) is 4.31 Å². The van der Waals surface area contributed by atoms with Gasteiger partial charge in [-0.25, -0.2) is 8.42 Å². The minimum Gasteiger partial charge on any atom is -0.354 e. The first-order valence-electron chi connectivity index (χ1n) is 10.9. The van der Waals surface area contributed by atoms with Gasteiger partial charge >= 0.3 is 0 Å². The maximum atomic E-state index is 13.5. The third-order valence-electron chi connectivity index (χ3n) is 6.91. The van der Waals surface area contributed by atoms with Gasteiger partial charge in [0.2, 0.25) is 21.8 Å². The molecule has 164 valence electrons. The summed E-state index contributed by atoms with van der Waals surface area (Å²) < 4.78 is 26.7. The molecule has 7 nitrogen and oxygen atoms in total. The van der Waals surface area contributed by atoms with Crippen molar-refractivity contribution in [2.24, 2.45) is 5.92 Å². The SMILES string of the molecule is CS(=O)(=O)N1CCN(C(=O)C2(c3ccccc3)CC2)CCNC(=O)[C@H]2CCCC[C@H]21. The molecule has 0 radical (unpaired) electrons. The Bertz CT molecular complexity index is 898. The van der Waals surface area contributed by atoms with E-state index in [4.69, 9.17) is 0 Å². The summed E-state index contributed by atoms with van der Waals surface area (Å²) in [6.45, 7) is 1.38. The highest BCUT2D eigenvalue weighted by atomic mass is 32.2. The normalized spacial score (nSPS) is 27.6. The molecule has 1 aromatic rings. The minimum absolute atomic E-state index is 0.0390. The molecule has 3 aliphatic rings. The van der Waals surface area contributed by atoms with Gasteiger partial charge in [0.05, 0.1) is 17.6 Å². The number of hydrogen-bond donors (Lipinski definition) is 1. The number of sulfonamides is 1. The number of fused-ring (bicyclic) bond motifs is 1. The highest BCUT2D eigenvalue weighted by Gasteiger charge is 2.53. The summed E-state index contributed by atoms with van der Waals surface area (Å²) in [4.78, 5) is 28.1. The fourth-order valence-corrected chi connectivity index (χ4v) is 6.29. The van der Waals surface area contributed by atoms with Crippen LogP contribution in [-0.2, 0) is 25.0 Å². The quantitative estimate of drug-likeness (QED) is 0.783. The van der Waals surface area contributed by atoms with Crippen LogP contribution in [0, 0.1) is 5.92 Å². The van der Waals surface area contributed by atoms with Crippen LogP contribution in [0.5, 0.6) is 0 Å². The van der Waals surface area contributed by atoms with Crippen LogP contribution >= 0.6 is 0 Å². The summed E-state index contributed by atoms with van der Waals surface area (Å²) in [6.07, 6.45) is 6.07. The summed E-state index contributed by atoms with van der Waals surface area (Å²) in [7, 11) is -3.49. The molecule has 1 aliphatic heterocycles. The van der Waals surface area contributed by atoms with Crippen molar-refractivity contribution in [3.8, 4) is 0 Å². The first-order chi connectivity index (χ1) is 14.3. The van der Waals surface area contributed by atoms with Gasteiger partial charge in [0, 0.05) is 32.2 Å². The molecule has 0 spiro atoms. The number of carbonyl (C=O) groups is 2. The molecule has 2 atom stereocenters. The molecular formula is C22H31N3O4S. The number of carbonyl (C=O) groups excluding carboxylic acids is 2. The minimum atomic E-state index is -3.49. The van der Waals surface area contributed by atoms with E-state index < -0.39 is 15.4 Å². The second-order valence-electron chi connectivity index (χ2n) is 8.86. The van der Waals surface area contributed by atoms with Crippen LogP contribution < -0.4 is 5.32 Å². The van der Waals surface area contributed by atoms with Gasteiger partial charge in [-0.15, -0.1) is 0 Å². The first-order valence-corrected chi connectivity index (χ1v) is 12.8. The summed E-state index contributed by atoms with van der Waals surface area (Å²) in [5.41, 5.74) is 0.516. The van der Waals surface area contributed by atoms with Gasteiger partial charge in [-0.05, 0) is 31.2 Å². The zero-order valence-corrected chi connectivity index (χ0v) is 18.4. The maximum Gasteiger partial charge on any atom is 0.233 e. The molecule has 0 unspecified atom stereocenters. The van der Waals surface area contributed by atoms with E-state index in [1.165, 1.54) is 10.6 Å². The molecule has 4 rings (SSSR count). The topological polar surface area (TPSA) is 86.8 Å². The average molecular weight is 434 g/mol. The monoisotopic (exact) mass is 433 g/mol. The lowest BCUT2D eigenvalue weighted by molar-refractivity contribution is -0.135. The summed E-state index contributed by atoms with van der Waals surface area (Å²) in [6, 6.07) is 9.48. The van der Waals surface area contributed by atoms with Crippen LogP contribution in [0.15, 0.2) is 30.3 Å². The van der Waals surface area contributed by atoms with Gasteiger partial charge in [0.1, 0.15) is 0 Å². The van der Waals surface area contributed by atoms with Crippen molar-refractivity contribution in [3.05, 3.63) is 35.9 Å². The smallest absolute Gasteiger partial charge is 0.233 e. The van der Waals surface area contributed by atoms with Gasteiger partial charge in [0.15, 0.2) is 0 Å². The molecule has 2 amide bonds. The van der Waals surface area contributed by atoms with E-state index in [-0.39, 0.29) is 30.3 Å². The molecular weight excluding hydrogens is 402 g/mol. The Hall–Kier alpha value is -1.93. The Morgan fingerprint density at radius 2 is 1.77 bits per heavy atom. The molecule has 1 saturated heterocycles. The van der Waals surface area contributed by atoms with Gasteiger partial charge < -0.3 is 10.2 Å². The van der Waals surface area contributed by atoms with E-state index in [1.54, 1.807) is 4.90 Å². The molecule has 30 heavy (non-hydrogen) atoms. The number of rotatable bonds is 3. The third-order valence-corrected chi connectivity index (χ3v) is 8.21. The number of amides is 2. The molecule has 0 aromatic heterocycles. The number of hydrogen-bond acceptors (Lipinski definition) is 4. The lowest BCUT2D eigenvalue weighted by Gasteiger charge is -2.40. The summed E-state index contributed by atoms with van der Waals surface area (Å²) >= 11 is 0. The van der Waals surface area contributed by atoms with Crippen molar-refractivity contribution in [1.29, 1.82) is 0 Å². The van der Waals surface area contributed by atoms with Crippen LogP contribution in [0.2, 0.25) is 0 Å². The van der Waals surface area contributed by atoms with Crippen molar-refractivity contribution in [2.75, 3.05) is 32.4 Å². The van der Waals surface area contributed by atoms with Crippen molar-refractivity contribution in [2.45, 2.75) is 50.0 Å². The second-order valence-corrected chi connectivity index (χ2v) is 10.8. The maximum absolute atomic E-state index is 13.5. The van der Waals surface area contributed by atoms with E-state index >= 15 is 0 Å². The fourth-order valence-electron chi connectivity index (χ4n) is 5.13. The Morgan fingerprint density at radius 3 is 2.43 bits per heavy atom. The zero-order chi connectivity index (χ0) is 21.4. The molecule has 0 bridgehead atoms. The van der Waals surface area contributed by atoms with E-state index in [0.717, 1.165) is 31.2 Å². The molecule has 1 N–H and O–H groups in total. The van der Waals surface area contributed by atoms with Gasteiger partial charge in [0.25, 0.3) is 0 Å². The van der Waals surface area contributed by atoms with Crippen molar-refractivity contribution in [3.63, 3.8) is 0 Å². The summed E-state index contributed by atoms with van der Waals surface area (Å²) in [5, 5.41) is 2.97. The first kappa shape index (κ1) is 21.3. The van der Waals surface area contributed by atoms with Crippen LogP contribution in [0.1, 0.15) is 44.1 Å². The Balaban J connectivity index is 1.58. The van der Waals surface area contributed by atoms with Crippen LogP contribution in [0.4, 0.5) is 0 Å². The predicted molar refractivity (Wildman–Crippen MR) is 114 cm³/mol. The number of benzene rings is 1. The standard InChI is InChI=1S/C22H31N3O4S/c1-30(28,29)25-16-15-24(14-13-23-20(26)18-9-5-6-10-19(18)25)21(27)22(11-12-22)17-7-3-2-4-8-17/h2-4,7-8,18-19H,5-6,9-16H2,1H3,(H,23,26)/t18-,19+/m0/s1. The molecule has 1 heterocycles. The van der Waals surface area contributed by atoms with Crippen LogP contribution in [0.3, 0.4) is 0 Å². The highest BCUT2D eigenvalue weighted by molar-refractivity contribution is 7.88. The van der Waals surface area contributed by atoms with E-state index in [1.807, 2.05) is 30.3 Å². The predicted octanol–water partition coefficient (Wildman–Crippen LogP) is 1.50. The van der Waals surface area contributed by atoms with Gasteiger partial charge in [-0.3, -0.25) is 9.59 Å². The summed E-state index contributed by atoms with van der Waals surface area (Å²) in [5.74, 6) is -0.362. The molecule has 8 heteroatoms.